The highest BCUT2D eigenvalue weighted by Crippen LogP contribution is 2.30. The van der Waals surface area contributed by atoms with Crippen LogP contribution >= 0.6 is 23.4 Å². The molecule has 0 aliphatic heterocycles. The van der Waals surface area contributed by atoms with Gasteiger partial charge in [-0.15, -0.1) is 10.2 Å². The normalized spacial score (nSPS) is 11.5. The maximum absolute atomic E-state index is 13.7. The summed E-state index contributed by atoms with van der Waals surface area (Å²) in [5, 5.41) is 10.3. The van der Waals surface area contributed by atoms with E-state index in [2.05, 4.69) is 15.5 Å². The first-order chi connectivity index (χ1) is 13.7. The lowest BCUT2D eigenvalue weighted by Gasteiger charge is -2.08. The molecule has 1 N–H and O–H groups in total. The molecule has 0 spiro atoms. The number of benzene rings is 2. The Morgan fingerprint density at radius 3 is 2.66 bits per heavy atom. The summed E-state index contributed by atoms with van der Waals surface area (Å²) < 4.78 is 57.3. The number of thioether (sulfide) groups is 1. The zero-order chi connectivity index (χ0) is 21.0. The molecule has 3 aromatic rings. The molecule has 152 valence electrons. The largest absolute Gasteiger partial charge is 0.416 e. The van der Waals surface area contributed by atoms with E-state index < -0.39 is 23.5 Å². The topological polar surface area (TPSA) is 68.0 Å². The Morgan fingerprint density at radius 1 is 1.17 bits per heavy atom. The van der Waals surface area contributed by atoms with E-state index in [9.17, 15) is 22.4 Å². The molecule has 0 atom stereocenters. The molecule has 0 aliphatic rings. The molecule has 0 aliphatic carbocycles. The van der Waals surface area contributed by atoms with Crippen molar-refractivity contribution in [2.24, 2.45) is 0 Å². The summed E-state index contributed by atoms with van der Waals surface area (Å²) >= 11 is 7.00. The van der Waals surface area contributed by atoms with E-state index in [4.69, 9.17) is 16.0 Å². The summed E-state index contributed by atoms with van der Waals surface area (Å²) in [6, 6.07) is 8.37. The van der Waals surface area contributed by atoms with Crippen LogP contribution in [0, 0.1) is 5.82 Å². The van der Waals surface area contributed by atoms with Gasteiger partial charge in [-0.2, -0.15) is 13.2 Å². The average molecular weight is 446 g/mol. The number of amides is 1. The number of hydrogen-bond acceptors (Lipinski definition) is 5. The van der Waals surface area contributed by atoms with Crippen molar-refractivity contribution in [3.8, 4) is 0 Å². The SMILES string of the molecule is O=C(NCc1nnc(SCc2c(F)cccc2Cl)o1)c1cccc(C(F)(F)F)c1. The van der Waals surface area contributed by atoms with Crippen LogP contribution in [0.5, 0.6) is 0 Å². The quantitative estimate of drug-likeness (QED) is 0.422. The molecule has 0 saturated carbocycles. The molecule has 0 fully saturated rings. The van der Waals surface area contributed by atoms with E-state index >= 15 is 0 Å². The van der Waals surface area contributed by atoms with Gasteiger partial charge in [-0.3, -0.25) is 4.79 Å². The second-order valence-corrected chi connectivity index (χ2v) is 7.05. The summed E-state index contributed by atoms with van der Waals surface area (Å²) in [4.78, 5) is 12.1. The van der Waals surface area contributed by atoms with E-state index in [1.807, 2.05) is 0 Å². The molecule has 1 amide bonds. The molecular weight excluding hydrogens is 434 g/mol. The molecule has 29 heavy (non-hydrogen) atoms. The minimum Gasteiger partial charge on any atom is -0.414 e. The number of nitrogens with zero attached hydrogens (tertiary/aromatic N) is 2. The Morgan fingerprint density at radius 2 is 1.93 bits per heavy atom. The Hall–Kier alpha value is -2.59. The van der Waals surface area contributed by atoms with Crippen molar-refractivity contribution in [3.05, 3.63) is 75.9 Å². The molecule has 3 rings (SSSR count). The average Bonchev–Trinajstić information content (AvgIpc) is 3.13. The summed E-state index contributed by atoms with van der Waals surface area (Å²) in [6.07, 6.45) is -4.55. The Bertz CT molecular complexity index is 1010. The smallest absolute Gasteiger partial charge is 0.414 e. The minimum absolute atomic E-state index is 0.0486. The van der Waals surface area contributed by atoms with Crippen molar-refractivity contribution in [1.82, 2.24) is 15.5 Å². The number of nitrogens with one attached hydrogen (secondary N) is 1. The summed E-state index contributed by atoms with van der Waals surface area (Å²) in [6.45, 7) is -0.177. The van der Waals surface area contributed by atoms with Crippen LogP contribution < -0.4 is 5.32 Å². The van der Waals surface area contributed by atoms with Crippen LogP contribution in [0.1, 0.15) is 27.4 Å². The molecule has 0 bridgehead atoms. The predicted octanol–water partition coefficient (Wildman–Crippen LogP) is 5.10. The fourth-order valence-electron chi connectivity index (χ4n) is 2.27. The van der Waals surface area contributed by atoms with Gasteiger partial charge in [0.1, 0.15) is 5.82 Å². The first-order valence-corrected chi connectivity index (χ1v) is 9.44. The lowest BCUT2D eigenvalue weighted by atomic mass is 10.1. The van der Waals surface area contributed by atoms with Gasteiger partial charge in [0, 0.05) is 21.9 Å². The lowest BCUT2D eigenvalue weighted by molar-refractivity contribution is -0.137. The van der Waals surface area contributed by atoms with Crippen molar-refractivity contribution in [3.63, 3.8) is 0 Å². The first-order valence-electron chi connectivity index (χ1n) is 8.07. The zero-order valence-corrected chi connectivity index (χ0v) is 16.0. The standard InChI is InChI=1S/C18H12ClF4N3O2S/c19-13-5-2-6-14(20)12(13)9-29-17-26-25-15(28-17)8-24-16(27)10-3-1-4-11(7-10)18(21,22)23/h1-7H,8-9H2,(H,24,27). The van der Waals surface area contributed by atoms with E-state index in [1.165, 1.54) is 18.2 Å². The highest BCUT2D eigenvalue weighted by molar-refractivity contribution is 7.98. The fraction of sp³-hybridized carbons (Fsp3) is 0.167. The number of aromatic nitrogens is 2. The van der Waals surface area contributed by atoms with Gasteiger partial charge in [0.25, 0.3) is 11.1 Å². The third kappa shape index (κ3) is 5.48. The second-order valence-electron chi connectivity index (χ2n) is 5.71. The van der Waals surface area contributed by atoms with E-state index in [0.29, 0.717) is 0 Å². The zero-order valence-electron chi connectivity index (χ0n) is 14.5. The van der Waals surface area contributed by atoms with Crippen molar-refractivity contribution < 1.29 is 26.8 Å². The van der Waals surface area contributed by atoms with E-state index in [0.717, 1.165) is 30.0 Å². The van der Waals surface area contributed by atoms with E-state index in [1.54, 1.807) is 6.07 Å². The summed E-state index contributed by atoms with van der Waals surface area (Å²) in [5.41, 5.74) is -0.784. The Balaban J connectivity index is 1.57. The predicted molar refractivity (Wildman–Crippen MR) is 97.9 cm³/mol. The molecule has 5 nitrogen and oxygen atoms in total. The van der Waals surface area contributed by atoms with Gasteiger partial charge in [0.2, 0.25) is 5.89 Å². The number of alkyl halides is 3. The number of halogens is 5. The maximum atomic E-state index is 13.7. The highest BCUT2D eigenvalue weighted by atomic mass is 35.5. The van der Waals surface area contributed by atoms with Crippen molar-refractivity contribution in [1.29, 1.82) is 0 Å². The Labute approximate surface area is 171 Å². The molecule has 0 unspecified atom stereocenters. The van der Waals surface area contributed by atoms with Crippen LogP contribution in [-0.2, 0) is 18.5 Å². The third-order valence-electron chi connectivity index (χ3n) is 3.70. The number of hydrogen-bond donors (Lipinski definition) is 1. The van der Waals surface area contributed by atoms with Gasteiger partial charge < -0.3 is 9.73 Å². The van der Waals surface area contributed by atoms with Crippen molar-refractivity contribution in [2.45, 2.75) is 23.7 Å². The van der Waals surface area contributed by atoms with Crippen LogP contribution in [0.3, 0.4) is 0 Å². The van der Waals surface area contributed by atoms with E-state index in [-0.39, 0.29) is 39.6 Å². The van der Waals surface area contributed by atoms with Crippen LogP contribution in [0.4, 0.5) is 17.6 Å². The van der Waals surface area contributed by atoms with Gasteiger partial charge in [-0.25, -0.2) is 4.39 Å². The highest BCUT2D eigenvalue weighted by Gasteiger charge is 2.30. The van der Waals surface area contributed by atoms with Gasteiger partial charge in [-0.1, -0.05) is 35.5 Å². The van der Waals surface area contributed by atoms with Crippen LogP contribution in [0.15, 0.2) is 52.1 Å². The van der Waals surface area contributed by atoms with Crippen LogP contribution in [0.25, 0.3) is 0 Å². The van der Waals surface area contributed by atoms with Gasteiger partial charge in [-0.05, 0) is 30.3 Å². The molecular formula is C18H12ClF4N3O2S. The molecule has 0 radical (unpaired) electrons. The second kappa shape index (κ2) is 8.83. The fourth-order valence-corrected chi connectivity index (χ4v) is 3.39. The molecule has 2 aromatic carbocycles. The number of rotatable bonds is 6. The lowest BCUT2D eigenvalue weighted by Crippen LogP contribution is -2.23. The first kappa shape index (κ1) is 21.1. The summed E-state index contributed by atoms with van der Waals surface area (Å²) in [7, 11) is 0. The van der Waals surface area contributed by atoms with Crippen LogP contribution in [-0.4, -0.2) is 16.1 Å². The monoisotopic (exact) mass is 445 g/mol. The number of carbonyl (C=O) groups is 1. The maximum Gasteiger partial charge on any atom is 0.416 e. The molecule has 1 heterocycles. The molecule has 0 saturated heterocycles. The van der Waals surface area contributed by atoms with Crippen molar-refractivity contribution in [2.75, 3.05) is 0 Å². The number of carbonyl (C=O) groups excluding carboxylic acids is 1. The van der Waals surface area contributed by atoms with Crippen LogP contribution in [0.2, 0.25) is 5.02 Å². The Kier molecular flexibility index (Phi) is 6.43. The van der Waals surface area contributed by atoms with Crippen molar-refractivity contribution >= 4 is 29.3 Å². The molecule has 1 aromatic heterocycles. The summed E-state index contributed by atoms with van der Waals surface area (Å²) in [5.74, 6) is -0.976. The third-order valence-corrected chi connectivity index (χ3v) is 4.90. The van der Waals surface area contributed by atoms with Gasteiger partial charge in [0.15, 0.2) is 0 Å². The van der Waals surface area contributed by atoms with Gasteiger partial charge >= 0.3 is 6.18 Å². The molecule has 11 heteroatoms. The van der Waals surface area contributed by atoms with Gasteiger partial charge in [0.05, 0.1) is 12.1 Å². The minimum atomic E-state index is -4.55.